The summed E-state index contributed by atoms with van der Waals surface area (Å²) in [7, 11) is 0. The van der Waals surface area contributed by atoms with Gasteiger partial charge < -0.3 is 15.2 Å². The molecule has 1 aromatic carbocycles. The van der Waals surface area contributed by atoms with E-state index in [0.717, 1.165) is 13.1 Å². The molecule has 6 nitrogen and oxygen atoms in total. The molecule has 0 bridgehead atoms. The van der Waals surface area contributed by atoms with Crippen molar-refractivity contribution in [2.75, 3.05) is 19.6 Å². The largest absolute Gasteiger partial charge is 0.471 e. The van der Waals surface area contributed by atoms with Crippen molar-refractivity contribution in [1.29, 1.82) is 0 Å². The number of alkyl halides is 3. The number of amides is 1. The lowest BCUT2D eigenvalue weighted by Gasteiger charge is -2.27. The fraction of sp³-hybridized carbons (Fsp3) is 0.357. The molecule has 2 heterocycles. The summed E-state index contributed by atoms with van der Waals surface area (Å²) in [6.45, 7) is 2.37. The van der Waals surface area contributed by atoms with Gasteiger partial charge in [0, 0.05) is 36.7 Å². The monoisotopic (exact) mass is 326 g/mol. The number of aromatic nitrogens is 2. The van der Waals surface area contributed by atoms with Crippen molar-refractivity contribution in [2.24, 2.45) is 5.92 Å². The van der Waals surface area contributed by atoms with Crippen molar-refractivity contribution in [3.05, 3.63) is 35.7 Å². The van der Waals surface area contributed by atoms with E-state index in [1.807, 2.05) is 0 Å². The highest BCUT2D eigenvalue weighted by molar-refractivity contribution is 5.94. The molecule has 0 radical (unpaired) electrons. The van der Waals surface area contributed by atoms with Crippen LogP contribution < -0.4 is 10.6 Å². The third-order valence-corrected chi connectivity index (χ3v) is 3.49. The van der Waals surface area contributed by atoms with E-state index in [0.29, 0.717) is 23.6 Å². The maximum Gasteiger partial charge on any atom is 0.471 e. The Bertz CT molecular complexity index is 693. The lowest BCUT2D eigenvalue weighted by Crippen LogP contribution is -2.48. The molecule has 2 aromatic rings. The Morgan fingerprint density at radius 1 is 1.30 bits per heavy atom. The molecule has 0 spiro atoms. The Hall–Kier alpha value is -2.42. The van der Waals surface area contributed by atoms with Gasteiger partial charge in [-0.2, -0.15) is 18.2 Å². The molecule has 1 aromatic heterocycles. The van der Waals surface area contributed by atoms with Crippen molar-refractivity contribution in [3.8, 4) is 11.4 Å². The predicted molar refractivity (Wildman–Crippen MR) is 73.4 cm³/mol. The Morgan fingerprint density at radius 2 is 2.00 bits per heavy atom. The van der Waals surface area contributed by atoms with Crippen LogP contribution in [-0.4, -0.2) is 35.7 Å². The van der Waals surface area contributed by atoms with Crippen LogP contribution in [0.15, 0.2) is 28.8 Å². The summed E-state index contributed by atoms with van der Waals surface area (Å²) in [5.74, 6) is -1.36. The van der Waals surface area contributed by atoms with E-state index >= 15 is 0 Å². The summed E-state index contributed by atoms with van der Waals surface area (Å²) >= 11 is 0. The van der Waals surface area contributed by atoms with Crippen molar-refractivity contribution < 1.29 is 22.5 Å². The highest BCUT2D eigenvalue weighted by Gasteiger charge is 2.38. The first-order chi connectivity index (χ1) is 10.9. The van der Waals surface area contributed by atoms with Gasteiger partial charge in [-0.3, -0.25) is 4.79 Å². The molecule has 0 saturated carbocycles. The minimum atomic E-state index is -4.68. The maximum absolute atomic E-state index is 12.4. The summed E-state index contributed by atoms with van der Waals surface area (Å²) < 4.78 is 41.4. The second kappa shape index (κ2) is 5.99. The summed E-state index contributed by atoms with van der Waals surface area (Å²) in [5.41, 5.74) is 0.754. The van der Waals surface area contributed by atoms with Gasteiger partial charge in [-0.05, 0) is 12.1 Å². The minimum Gasteiger partial charge on any atom is -0.352 e. The van der Waals surface area contributed by atoms with Crippen LogP contribution in [0.4, 0.5) is 13.2 Å². The van der Waals surface area contributed by atoms with E-state index in [2.05, 4.69) is 25.3 Å². The van der Waals surface area contributed by atoms with Crippen LogP contribution in [0, 0.1) is 5.92 Å². The molecule has 1 aliphatic heterocycles. The second-order valence-electron chi connectivity index (χ2n) is 5.23. The zero-order valence-electron chi connectivity index (χ0n) is 11.9. The molecule has 0 unspecified atom stereocenters. The number of nitrogens with one attached hydrogen (secondary N) is 2. The van der Waals surface area contributed by atoms with Crippen molar-refractivity contribution in [1.82, 2.24) is 20.8 Å². The van der Waals surface area contributed by atoms with Crippen LogP contribution >= 0.6 is 0 Å². The normalized spacial score (nSPS) is 15.3. The van der Waals surface area contributed by atoms with E-state index in [-0.39, 0.29) is 11.7 Å². The van der Waals surface area contributed by atoms with Gasteiger partial charge in [-0.1, -0.05) is 17.3 Å². The number of halogens is 3. The molecular weight excluding hydrogens is 313 g/mol. The van der Waals surface area contributed by atoms with E-state index in [4.69, 9.17) is 0 Å². The molecule has 9 heteroatoms. The summed E-state index contributed by atoms with van der Waals surface area (Å²) in [6, 6.07) is 5.97. The Kier molecular flexibility index (Phi) is 4.03. The highest BCUT2D eigenvalue weighted by Crippen LogP contribution is 2.29. The highest BCUT2D eigenvalue weighted by atomic mass is 19.4. The second-order valence-corrected chi connectivity index (χ2v) is 5.23. The fourth-order valence-corrected chi connectivity index (χ4v) is 2.06. The van der Waals surface area contributed by atoms with E-state index in [1.54, 1.807) is 0 Å². The summed E-state index contributed by atoms with van der Waals surface area (Å²) in [6.07, 6.45) is -4.68. The molecule has 1 fully saturated rings. The standard InChI is InChI=1S/C14H13F3N4O2/c15-14(16,17)13-20-11(21-23-13)9-1-3-10(4-2-9)12(22)19-7-8-5-18-6-8/h1-4,8,18H,5-7H2,(H,19,22). The molecular formula is C14H13F3N4O2. The first-order valence-electron chi connectivity index (χ1n) is 6.94. The molecule has 1 aliphatic rings. The molecule has 2 N–H and O–H groups in total. The quantitative estimate of drug-likeness (QED) is 0.894. The molecule has 3 rings (SSSR count). The van der Waals surface area contributed by atoms with Crippen molar-refractivity contribution >= 4 is 5.91 Å². The number of hydrogen-bond acceptors (Lipinski definition) is 5. The fourth-order valence-electron chi connectivity index (χ4n) is 2.06. The topological polar surface area (TPSA) is 80.0 Å². The van der Waals surface area contributed by atoms with Crippen LogP contribution in [0.3, 0.4) is 0 Å². The maximum atomic E-state index is 12.4. The van der Waals surface area contributed by atoms with E-state index in [1.165, 1.54) is 24.3 Å². The molecule has 0 aliphatic carbocycles. The average Bonchev–Trinajstić information content (AvgIpc) is 2.95. The molecule has 1 saturated heterocycles. The Morgan fingerprint density at radius 3 is 2.52 bits per heavy atom. The first kappa shape index (κ1) is 15.5. The van der Waals surface area contributed by atoms with Crippen molar-refractivity contribution in [3.63, 3.8) is 0 Å². The number of rotatable bonds is 4. The van der Waals surface area contributed by atoms with Crippen LogP contribution in [0.1, 0.15) is 16.2 Å². The van der Waals surface area contributed by atoms with Crippen LogP contribution in [0.25, 0.3) is 11.4 Å². The number of carbonyl (C=O) groups is 1. The summed E-state index contributed by atoms with van der Waals surface area (Å²) in [4.78, 5) is 15.2. The van der Waals surface area contributed by atoms with Gasteiger partial charge in [-0.25, -0.2) is 0 Å². The minimum absolute atomic E-state index is 0.176. The third-order valence-electron chi connectivity index (χ3n) is 3.49. The van der Waals surface area contributed by atoms with Crippen LogP contribution in [0.2, 0.25) is 0 Å². The zero-order chi connectivity index (χ0) is 16.4. The van der Waals surface area contributed by atoms with Gasteiger partial charge in [0.1, 0.15) is 0 Å². The molecule has 0 atom stereocenters. The third kappa shape index (κ3) is 3.50. The number of nitrogens with zero attached hydrogens (tertiary/aromatic N) is 2. The van der Waals surface area contributed by atoms with E-state index < -0.39 is 12.1 Å². The lowest BCUT2D eigenvalue weighted by atomic mass is 10.0. The predicted octanol–water partition coefficient (Wildman–Crippen LogP) is 1.70. The first-order valence-corrected chi connectivity index (χ1v) is 6.94. The molecule has 23 heavy (non-hydrogen) atoms. The zero-order valence-corrected chi connectivity index (χ0v) is 11.9. The number of carbonyl (C=O) groups excluding carboxylic acids is 1. The smallest absolute Gasteiger partial charge is 0.352 e. The average molecular weight is 326 g/mol. The van der Waals surface area contributed by atoms with E-state index in [9.17, 15) is 18.0 Å². The molecule has 122 valence electrons. The Balaban J connectivity index is 1.66. The van der Waals surface area contributed by atoms with Gasteiger partial charge >= 0.3 is 12.1 Å². The van der Waals surface area contributed by atoms with Crippen LogP contribution in [0.5, 0.6) is 0 Å². The molecule has 1 amide bonds. The number of benzene rings is 1. The van der Waals surface area contributed by atoms with Crippen molar-refractivity contribution in [2.45, 2.75) is 6.18 Å². The number of hydrogen-bond donors (Lipinski definition) is 2. The van der Waals surface area contributed by atoms with Gasteiger partial charge in [-0.15, -0.1) is 0 Å². The van der Waals surface area contributed by atoms with Crippen LogP contribution in [-0.2, 0) is 6.18 Å². The van der Waals surface area contributed by atoms with Gasteiger partial charge in [0.15, 0.2) is 0 Å². The SMILES string of the molecule is O=C(NCC1CNC1)c1ccc(-c2noc(C(F)(F)F)n2)cc1. The van der Waals surface area contributed by atoms with Gasteiger partial charge in [0.2, 0.25) is 5.82 Å². The summed E-state index contributed by atoms with van der Waals surface area (Å²) in [5, 5.41) is 9.21. The Labute approximate surface area is 129 Å². The van der Waals surface area contributed by atoms with Gasteiger partial charge in [0.25, 0.3) is 5.91 Å². The van der Waals surface area contributed by atoms with Gasteiger partial charge in [0.05, 0.1) is 0 Å². The lowest BCUT2D eigenvalue weighted by molar-refractivity contribution is -0.159.